The van der Waals surface area contributed by atoms with E-state index in [1.807, 2.05) is 47.7 Å². The van der Waals surface area contributed by atoms with E-state index in [2.05, 4.69) is 41.2 Å². The van der Waals surface area contributed by atoms with Crippen molar-refractivity contribution in [1.82, 2.24) is 19.6 Å². The lowest BCUT2D eigenvalue weighted by molar-refractivity contribution is 0.0628. The number of carbonyl (C=O) groups is 1. The molecule has 0 unspecified atom stereocenters. The van der Waals surface area contributed by atoms with Crippen LogP contribution in [0.3, 0.4) is 0 Å². The van der Waals surface area contributed by atoms with E-state index < -0.39 is 0 Å². The van der Waals surface area contributed by atoms with Crippen molar-refractivity contribution < 1.29 is 4.79 Å². The molecule has 0 radical (unpaired) electrons. The van der Waals surface area contributed by atoms with Crippen molar-refractivity contribution in [2.75, 3.05) is 26.2 Å². The van der Waals surface area contributed by atoms with Crippen LogP contribution in [0.2, 0.25) is 5.02 Å². The number of rotatable bonds is 5. The smallest absolute Gasteiger partial charge is 0.253 e. The fourth-order valence-corrected chi connectivity index (χ4v) is 4.13. The van der Waals surface area contributed by atoms with E-state index >= 15 is 0 Å². The first-order chi connectivity index (χ1) is 14.9. The summed E-state index contributed by atoms with van der Waals surface area (Å²) >= 11 is 6.24. The van der Waals surface area contributed by atoms with Crippen molar-refractivity contribution in [1.29, 1.82) is 0 Å². The molecule has 1 aromatic heterocycles. The number of hydrogen-bond acceptors (Lipinski definition) is 3. The van der Waals surface area contributed by atoms with E-state index in [0.717, 1.165) is 55.2 Å². The summed E-state index contributed by atoms with van der Waals surface area (Å²) in [5, 5.41) is 5.20. The van der Waals surface area contributed by atoms with Gasteiger partial charge in [0.05, 0.1) is 23.0 Å². The monoisotopic (exact) mass is 436 g/mol. The van der Waals surface area contributed by atoms with Gasteiger partial charge in [-0.1, -0.05) is 53.6 Å². The molecular formula is C25H29ClN4O. The van der Waals surface area contributed by atoms with Crippen LogP contribution >= 0.6 is 11.6 Å². The SMILES string of the molecule is Cc1ccc(CN2CCN(C(=O)c3ccc(Cn4nc(C)c(Cl)c4C)cc3)CC2)cc1. The van der Waals surface area contributed by atoms with E-state index in [0.29, 0.717) is 11.6 Å². The van der Waals surface area contributed by atoms with Gasteiger partial charge in [-0.2, -0.15) is 5.10 Å². The minimum absolute atomic E-state index is 0.107. The molecule has 6 heteroatoms. The molecule has 3 aromatic rings. The summed E-state index contributed by atoms with van der Waals surface area (Å²) in [5.74, 6) is 0.107. The fourth-order valence-electron chi connectivity index (χ4n) is 4.00. The van der Waals surface area contributed by atoms with Crippen LogP contribution in [-0.4, -0.2) is 51.7 Å². The van der Waals surface area contributed by atoms with Crippen LogP contribution in [-0.2, 0) is 13.1 Å². The third kappa shape index (κ3) is 5.00. The Morgan fingerprint density at radius 1 is 0.871 bits per heavy atom. The average Bonchev–Trinajstić information content (AvgIpc) is 3.02. The van der Waals surface area contributed by atoms with Gasteiger partial charge in [-0.15, -0.1) is 0 Å². The molecule has 2 heterocycles. The number of benzene rings is 2. The van der Waals surface area contributed by atoms with Gasteiger partial charge >= 0.3 is 0 Å². The normalized spacial score (nSPS) is 14.8. The van der Waals surface area contributed by atoms with Crippen molar-refractivity contribution in [3.63, 3.8) is 0 Å². The van der Waals surface area contributed by atoms with Crippen LogP contribution in [0.1, 0.15) is 38.4 Å². The molecule has 5 nitrogen and oxygen atoms in total. The Kier molecular flexibility index (Phi) is 6.44. The summed E-state index contributed by atoms with van der Waals surface area (Å²) in [5.41, 5.74) is 6.24. The van der Waals surface area contributed by atoms with Crippen molar-refractivity contribution in [3.8, 4) is 0 Å². The lowest BCUT2D eigenvalue weighted by Gasteiger charge is -2.34. The summed E-state index contributed by atoms with van der Waals surface area (Å²) < 4.78 is 1.90. The minimum atomic E-state index is 0.107. The van der Waals surface area contributed by atoms with E-state index in [1.54, 1.807) is 0 Å². The van der Waals surface area contributed by atoms with Crippen molar-refractivity contribution in [3.05, 3.63) is 87.2 Å². The topological polar surface area (TPSA) is 41.4 Å². The number of piperazine rings is 1. The maximum Gasteiger partial charge on any atom is 0.253 e. The zero-order valence-corrected chi connectivity index (χ0v) is 19.2. The third-order valence-corrected chi connectivity index (χ3v) is 6.56. The van der Waals surface area contributed by atoms with Crippen LogP contribution in [0.5, 0.6) is 0 Å². The van der Waals surface area contributed by atoms with Gasteiger partial charge in [0.2, 0.25) is 0 Å². The second kappa shape index (κ2) is 9.25. The molecule has 2 aromatic carbocycles. The van der Waals surface area contributed by atoms with Gasteiger partial charge in [-0.3, -0.25) is 14.4 Å². The highest BCUT2D eigenvalue weighted by molar-refractivity contribution is 6.31. The molecule has 4 rings (SSSR count). The summed E-state index contributed by atoms with van der Waals surface area (Å²) in [6.07, 6.45) is 0. The molecule has 0 aliphatic carbocycles. The standard InChI is InChI=1S/C25H29ClN4O/c1-18-4-6-21(7-5-18)16-28-12-14-29(15-13-28)25(31)23-10-8-22(9-11-23)17-30-20(3)24(26)19(2)27-30/h4-11H,12-17H2,1-3H3. The number of aryl methyl sites for hydroxylation is 2. The number of halogens is 1. The molecule has 1 amide bonds. The van der Waals surface area contributed by atoms with Crippen molar-refractivity contribution in [2.45, 2.75) is 33.9 Å². The quantitative estimate of drug-likeness (QED) is 0.592. The zero-order chi connectivity index (χ0) is 22.0. The molecule has 1 aliphatic rings. The number of hydrogen-bond donors (Lipinski definition) is 0. The predicted molar refractivity (Wildman–Crippen MR) is 125 cm³/mol. The van der Waals surface area contributed by atoms with Gasteiger partial charge < -0.3 is 4.90 Å². The Morgan fingerprint density at radius 2 is 1.45 bits per heavy atom. The zero-order valence-electron chi connectivity index (χ0n) is 18.4. The number of carbonyl (C=O) groups excluding carboxylic acids is 1. The van der Waals surface area contributed by atoms with E-state index in [4.69, 9.17) is 11.6 Å². The minimum Gasteiger partial charge on any atom is -0.336 e. The molecule has 162 valence electrons. The first kappa shape index (κ1) is 21.6. The molecule has 1 saturated heterocycles. The molecule has 0 atom stereocenters. The Balaban J connectivity index is 1.32. The second-order valence-electron chi connectivity index (χ2n) is 8.39. The summed E-state index contributed by atoms with van der Waals surface area (Å²) in [6, 6.07) is 16.5. The van der Waals surface area contributed by atoms with Gasteiger partial charge in [-0.25, -0.2) is 0 Å². The van der Waals surface area contributed by atoms with Gasteiger partial charge in [0, 0.05) is 38.3 Å². The fraction of sp³-hybridized carbons (Fsp3) is 0.360. The molecule has 0 saturated carbocycles. The lowest BCUT2D eigenvalue weighted by Crippen LogP contribution is -2.48. The highest BCUT2D eigenvalue weighted by Crippen LogP contribution is 2.20. The second-order valence-corrected chi connectivity index (χ2v) is 8.77. The largest absolute Gasteiger partial charge is 0.336 e. The van der Waals surface area contributed by atoms with Gasteiger partial charge in [0.1, 0.15) is 0 Å². The third-order valence-electron chi connectivity index (χ3n) is 6.01. The Labute approximate surface area is 189 Å². The average molecular weight is 437 g/mol. The molecular weight excluding hydrogens is 408 g/mol. The molecule has 31 heavy (non-hydrogen) atoms. The van der Waals surface area contributed by atoms with Gasteiger partial charge in [0.15, 0.2) is 0 Å². The number of amides is 1. The maximum absolute atomic E-state index is 12.9. The Hall–Kier alpha value is -2.63. The number of aromatic nitrogens is 2. The summed E-state index contributed by atoms with van der Waals surface area (Å²) in [7, 11) is 0. The van der Waals surface area contributed by atoms with Crippen LogP contribution < -0.4 is 0 Å². The summed E-state index contributed by atoms with van der Waals surface area (Å²) in [4.78, 5) is 17.3. The first-order valence-corrected chi connectivity index (χ1v) is 11.1. The van der Waals surface area contributed by atoms with Crippen LogP contribution in [0, 0.1) is 20.8 Å². The lowest BCUT2D eigenvalue weighted by atomic mass is 10.1. The predicted octanol–water partition coefficient (Wildman–Crippen LogP) is 4.47. The molecule has 0 bridgehead atoms. The molecule has 0 N–H and O–H groups in total. The van der Waals surface area contributed by atoms with Crippen LogP contribution in [0.25, 0.3) is 0 Å². The van der Waals surface area contributed by atoms with Crippen molar-refractivity contribution >= 4 is 17.5 Å². The number of nitrogens with zero attached hydrogens (tertiary/aromatic N) is 4. The van der Waals surface area contributed by atoms with Gasteiger partial charge in [0.25, 0.3) is 5.91 Å². The van der Waals surface area contributed by atoms with Gasteiger partial charge in [-0.05, 0) is 44.0 Å². The van der Waals surface area contributed by atoms with Crippen LogP contribution in [0.4, 0.5) is 0 Å². The van der Waals surface area contributed by atoms with E-state index in [-0.39, 0.29) is 5.91 Å². The Morgan fingerprint density at radius 3 is 2.03 bits per heavy atom. The first-order valence-electron chi connectivity index (χ1n) is 10.8. The molecule has 1 fully saturated rings. The highest BCUT2D eigenvalue weighted by Gasteiger charge is 2.22. The Bertz CT molecular complexity index is 1050. The maximum atomic E-state index is 12.9. The van der Waals surface area contributed by atoms with E-state index in [1.165, 1.54) is 11.1 Å². The van der Waals surface area contributed by atoms with Crippen molar-refractivity contribution in [2.24, 2.45) is 0 Å². The van der Waals surface area contributed by atoms with Crippen LogP contribution in [0.15, 0.2) is 48.5 Å². The summed E-state index contributed by atoms with van der Waals surface area (Å²) in [6.45, 7) is 10.9. The highest BCUT2D eigenvalue weighted by atomic mass is 35.5. The molecule has 1 aliphatic heterocycles. The molecule has 0 spiro atoms. The van der Waals surface area contributed by atoms with E-state index in [9.17, 15) is 4.79 Å².